The Bertz CT molecular complexity index is 372. The number of hydrogen-bond acceptors (Lipinski definition) is 3. The number of piperidine rings is 1. The smallest absolute Gasteiger partial charge is 0.410 e. The van der Waals surface area contributed by atoms with Gasteiger partial charge in [0.1, 0.15) is 5.60 Å². The number of nitrogens with zero attached hydrogens (tertiary/aromatic N) is 1. The lowest BCUT2D eigenvalue weighted by Gasteiger charge is -2.38. The molecule has 0 bridgehead atoms. The summed E-state index contributed by atoms with van der Waals surface area (Å²) in [6.45, 7) is 9.86. The molecule has 1 heterocycles. The van der Waals surface area contributed by atoms with E-state index in [4.69, 9.17) is 4.74 Å². The highest BCUT2D eigenvalue weighted by atomic mass is 16.6. The van der Waals surface area contributed by atoms with Crippen molar-refractivity contribution in [2.45, 2.75) is 96.7 Å². The summed E-state index contributed by atoms with van der Waals surface area (Å²) in [5.74, 6) is 0.808. The van der Waals surface area contributed by atoms with Gasteiger partial charge in [-0.1, -0.05) is 19.3 Å². The van der Waals surface area contributed by atoms with Crippen LogP contribution >= 0.6 is 0 Å². The Labute approximate surface area is 142 Å². The second kappa shape index (κ2) is 8.36. The predicted octanol–water partition coefficient (Wildman–Crippen LogP) is 4.33. The summed E-state index contributed by atoms with van der Waals surface area (Å²) in [6.07, 6.45) is 10.1. The zero-order valence-electron chi connectivity index (χ0n) is 15.6. The Morgan fingerprint density at radius 2 is 1.78 bits per heavy atom. The van der Waals surface area contributed by atoms with Gasteiger partial charge in [-0.2, -0.15) is 0 Å². The van der Waals surface area contributed by atoms with Gasteiger partial charge in [-0.25, -0.2) is 4.79 Å². The van der Waals surface area contributed by atoms with Crippen LogP contribution < -0.4 is 5.32 Å². The molecular weight excluding hydrogens is 288 g/mol. The second-order valence-electron chi connectivity index (χ2n) is 8.42. The van der Waals surface area contributed by atoms with Crippen LogP contribution in [0.5, 0.6) is 0 Å². The van der Waals surface area contributed by atoms with Crippen LogP contribution in [0.4, 0.5) is 4.79 Å². The molecule has 2 rings (SSSR count). The number of rotatable bonds is 4. The van der Waals surface area contributed by atoms with Crippen molar-refractivity contribution in [1.29, 1.82) is 0 Å². The average molecular weight is 325 g/mol. The van der Waals surface area contributed by atoms with E-state index in [0.717, 1.165) is 31.8 Å². The first-order chi connectivity index (χ1) is 10.9. The molecule has 0 aromatic rings. The van der Waals surface area contributed by atoms with Crippen molar-refractivity contribution in [1.82, 2.24) is 10.2 Å². The molecule has 1 N–H and O–H groups in total. The van der Waals surface area contributed by atoms with Crippen molar-refractivity contribution >= 4 is 6.09 Å². The molecule has 1 aliphatic heterocycles. The summed E-state index contributed by atoms with van der Waals surface area (Å²) in [5.41, 5.74) is -0.415. The predicted molar refractivity (Wildman–Crippen MR) is 94.6 cm³/mol. The van der Waals surface area contributed by atoms with Crippen molar-refractivity contribution < 1.29 is 9.53 Å². The fourth-order valence-electron chi connectivity index (χ4n) is 3.90. The molecule has 1 amide bonds. The monoisotopic (exact) mass is 324 g/mol. The van der Waals surface area contributed by atoms with Crippen LogP contribution in [-0.4, -0.2) is 41.8 Å². The van der Waals surface area contributed by atoms with E-state index in [2.05, 4.69) is 12.2 Å². The van der Waals surface area contributed by atoms with Gasteiger partial charge in [0, 0.05) is 25.2 Å². The third-order valence-electron chi connectivity index (χ3n) is 5.29. The topological polar surface area (TPSA) is 41.6 Å². The Kier molecular flexibility index (Phi) is 6.75. The van der Waals surface area contributed by atoms with E-state index in [0.29, 0.717) is 6.04 Å². The van der Waals surface area contributed by atoms with Crippen LogP contribution in [0.3, 0.4) is 0 Å². The number of hydrogen-bond donors (Lipinski definition) is 1. The zero-order valence-corrected chi connectivity index (χ0v) is 15.6. The standard InChI is InChI=1S/C19H36N2O2/c1-15(16-10-6-5-7-11-16)20-14-17-12-8-9-13-21(17)18(22)23-19(2,3)4/h15-17,20H,5-14H2,1-4H3/t15-,17?/m0/s1. The van der Waals surface area contributed by atoms with E-state index in [-0.39, 0.29) is 12.1 Å². The number of ether oxygens (including phenoxy) is 1. The molecular formula is C19H36N2O2. The highest BCUT2D eigenvalue weighted by molar-refractivity contribution is 5.68. The van der Waals surface area contributed by atoms with E-state index in [1.54, 1.807) is 0 Å². The van der Waals surface area contributed by atoms with Gasteiger partial charge < -0.3 is 15.0 Å². The van der Waals surface area contributed by atoms with Gasteiger partial charge in [0.05, 0.1) is 0 Å². The summed E-state index contributed by atoms with van der Waals surface area (Å²) < 4.78 is 5.59. The largest absolute Gasteiger partial charge is 0.444 e. The molecule has 1 saturated heterocycles. The second-order valence-corrected chi connectivity index (χ2v) is 8.42. The Morgan fingerprint density at radius 3 is 2.43 bits per heavy atom. The summed E-state index contributed by atoms with van der Waals surface area (Å²) >= 11 is 0. The fraction of sp³-hybridized carbons (Fsp3) is 0.947. The van der Waals surface area contributed by atoms with Gasteiger partial charge in [-0.05, 0) is 65.7 Å². The van der Waals surface area contributed by atoms with E-state index < -0.39 is 5.60 Å². The highest BCUT2D eigenvalue weighted by Crippen LogP contribution is 2.27. The van der Waals surface area contributed by atoms with Crippen molar-refractivity contribution in [2.24, 2.45) is 5.92 Å². The average Bonchev–Trinajstić information content (AvgIpc) is 2.52. The summed E-state index contributed by atoms with van der Waals surface area (Å²) in [4.78, 5) is 14.4. The molecule has 1 aliphatic carbocycles. The van der Waals surface area contributed by atoms with Crippen molar-refractivity contribution in [3.05, 3.63) is 0 Å². The summed E-state index contributed by atoms with van der Waals surface area (Å²) in [5, 5.41) is 3.72. The minimum atomic E-state index is -0.415. The molecule has 4 heteroatoms. The Balaban J connectivity index is 1.84. The molecule has 2 atom stereocenters. The molecule has 0 aromatic heterocycles. The maximum atomic E-state index is 12.4. The Morgan fingerprint density at radius 1 is 1.13 bits per heavy atom. The van der Waals surface area contributed by atoms with Crippen LogP contribution in [0.1, 0.15) is 79.1 Å². The van der Waals surface area contributed by atoms with Gasteiger partial charge in [-0.15, -0.1) is 0 Å². The first-order valence-electron chi connectivity index (χ1n) is 9.60. The Hall–Kier alpha value is -0.770. The summed E-state index contributed by atoms with van der Waals surface area (Å²) in [6, 6.07) is 0.836. The number of nitrogens with one attached hydrogen (secondary N) is 1. The van der Waals surface area contributed by atoms with Crippen molar-refractivity contribution in [3.8, 4) is 0 Å². The van der Waals surface area contributed by atoms with Gasteiger partial charge >= 0.3 is 6.09 Å². The quantitative estimate of drug-likeness (QED) is 0.836. The summed E-state index contributed by atoms with van der Waals surface area (Å²) in [7, 11) is 0. The van der Waals surface area contributed by atoms with Crippen LogP contribution in [0, 0.1) is 5.92 Å². The number of carbonyl (C=O) groups is 1. The molecule has 23 heavy (non-hydrogen) atoms. The number of amides is 1. The van der Waals surface area contributed by atoms with Crippen LogP contribution in [0.25, 0.3) is 0 Å². The third-order valence-corrected chi connectivity index (χ3v) is 5.29. The minimum absolute atomic E-state index is 0.144. The molecule has 0 radical (unpaired) electrons. The van der Waals surface area contributed by atoms with E-state index >= 15 is 0 Å². The maximum Gasteiger partial charge on any atom is 0.410 e. The van der Waals surface area contributed by atoms with E-state index in [1.165, 1.54) is 38.5 Å². The fourth-order valence-corrected chi connectivity index (χ4v) is 3.90. The first kappa shape index (κ1) is 18.6. The minimum Gasteiger partial charge on any atom is -0.444 e. The van der Waals surface area contributed by atoms with Gasteiger partial charge in [0.15, 0.2) is 0 Å². The lowest BCUT2D eigenvalue weighted by atomic mass is 9.84. The molecule has 1 unspecified atom stereocenters. The van der Waals surface area contributed by atoms with Gasteiger partial charge in [0.2, 0.25) is 0 Å². The van der Waals surface area contributed by atoms with Crippen molar-refractivity contribution in [2.75, 3.05) is 13.1 Å². The molecule has 0 aromatic carbocycles. The zero-order chi connectivity index (χ0) is 16.9. The SMILES string of the molecule is C[C@H](NCC1CCCCN1C(=O)OC(C)(C)C)C1CCCCC1. The highest BCUT2D eigenvalue weighted by Gasteiger charge is 2.31. The van der Waals surface area contributed by atoms with Crippen molar-refractivity contribution in [3.63, 3.8) is 0 Å². The molecule has 2 aliphatic rings. The normalized spacial score (nSPS) is 25.2. The molecule has 1 saturated carbocycles. The van der Waals surface area contributed by atoms with Gasteiger partial charge in [0.25, 0.3) is 0 Å². The van der Waals surface area contributed by atoms with Crippen LogP contribution in [0.15, 0.2) is 0 Å². The molecule has 134 valence electrons. The van der Waals surface area contributed by atoms with E-state index in [1.807, 2.05) is 25.7 Å². The number of carbonyl (C=O) groups excluding carboxylic acids is 1. The van der Waals surface area contributed by atoms with E-state index in [9.17, 15) is 4.79 Å². The molecule has 2 fully saturated rings. The van der Waals surface area contributed by atoms with Crippen LogP contribution in [-0.2, 0) is 4.74 Å². The first-order valence-corrected chi connectivity index (χ1v) is 9.60. The van der Waals surface area contributed by atoms with Crippen LogP contribution in [0.2, 0.25) is 0 Å². The molecule has 0 spiro atoms. The molecule has 4 nitrogen and oxygen atoms in total. The van der Waals surface area contributed by atoms with Gasteiger partial charge in [-0.3, -0.25) is 0 Å². The lowest BCUT2D eigenvalue weighted by molar-refractivity contribution is 0.00943. The third kappa shape index (κ3) is 5.98. The lowest BCUT2D eigenvalue weighted by Crippen LogP contribution is -2.51. The maximum absolute atomic E-state index is 12.4. The number of likely N-dealkylation sites (tertiary alicyclic amines) is 1.